The highest BCUT2D eigenvalue weighted by Crippen LogP contribution is 2.55. The molecular weight excluding hydrogens is 226 g/mol. The summed E-state index contributed by atoms with van der Waals surface area (Å²) in [4.78, 5) is 0. The predicted molar refractivity (Wildman–Crippen MR) is 66.8 cm³/mol. The second-order valence-electron chi connectivity index (χ2n) is 6.85. The van der Waals surface area contributed by atoms with E-state index >= 15 is 0 Å². The minimum Gasteiger partial charge on any atom is -0.305 e. The predicted octanol–water partition coefficient (Wildman–Crippen LogP) is 2.44. The van der Waals surface area contributed by atoms with Gasteiger partial charge < -0.3 is 5.32 Å². The molecule has 0 aliphatic heterocycles. The molecular formula is C14H21N3O. The van der Waals surface area contributed by atoms with Crippen LogP contribution in [0.1, 0.15) is 49.9 Å². The third kappa shape index (κ3) is 1.69. The van der Waals surface area contributed by atoms with E-state index in [4.69, 9.17) is 4.63 Å². The summed E-state index contributed by atoms with van der Waals surface area (Å²) < 4.78 is 4.78. The highest BCUT2D eigenvalue weighted by Gasteiger charge is 2.50. The van der Waals surface area contributed by atoms with Crippen molar-refractivity contribution in [3.8, 4) is 0 Å². The van der Waals surface area contributed by atoms with E-state index in [1.807, 2.05) is 6.92 Å². The molecule has 0 unspecified atom stereocenters. The maximum absolute atomic E-state index is 4.78. The van der Waals surface area contributed by atoms with Crippen LogP contribution < -0.4 is 5.32 Å². The molecule has 1 aromatic heterocycles. The second-order valence-corrected chi connectivity index (χ2v) is 6.85. The molecule has 0 aromatic carbocycles. The van der Waals surface area contributed by atoms with Crippen molar-refractivity contribution in [3.63, 3.8) is 0 Å². The van der Waals surface area contributed by atoms with Gasteiger partial charge in [0.1, 0.15) is 11.4 Å². The summed E-state index contributed by atoms with van der Waals surface area (Å²) in [5, 5.41) is 11.6. The fourth-order valence-corrected chi connectivity index (χ4v) is 5.01. The first kappa shape index (κ1) is 11.0. The minimum absolute atomic E-state index is 0.403. The lowest BCUT2D eigenvalue weighted by molar-refractivity contribution is -0.0208. The molecule has 1 heterocycles. The van der Waals surface area contributed by atoms with Gasteiger partial charge in [-0.15, -0.1) is 0 Å². The molecule has 4 aliphatic carbocycles. The van der Waals surface area contributed by atoms with Gasteiger partial charge in [0.15, 0.2) is 0 Å². The van der Waals surface area contributed by atoms with Crippen LogP contribution in [0.2, 0.25) is 0 Å². The van der Waals surface area contributed by atoms with Gasteiger partial charge in [0.2, 0.25) is 0 Å². The molecule has 1 N–H and O–H groups in total. The first-order chi connectivity index (χ1) is 8.72. The molecule has 5 rings (SSSR count). The van der Waals surface area contributed by atoms with Crippen LogP contribution in [-0.2, 0) is 6.54 Å². The lowest BCUT2D eigenvalue weighted by atomic mass is 9.53. The normalized spacial score (nSPS) is 41.5. The summed E-state index contributed by atoms with van der Waals surface area (Å²) >= 11 is 0. The van der Waals surface area contributed by atoms with E-state index in [1.54, 1.807) is 0 Å². The van der Waals surface area contributed by atoms with Gasteiger partial charge in [0.25, 0.3) is 0 Å². The first-order valence-corrected chi connectivity index (χ1v) is 7.25. The standard InChI is InChI=1S/C14H21N3O/c1-9-13(17-18-16-9)8-15-14-5-10-2-11(6-14)4-12(3-10)7-14/h10-12,15H,2-8H2,1H3. The Morgan fingerprint density at radius 2 is 1.72 bits per heavy atom. The van der Waals surface area contributed by atoms with Crippen molar-refractivity contribution in [1.29, 1.82) is 0 Å². The molecule has 0 atom stereocenters. The van der Waals surface area contributed by atoms with Crippen LogP contribution in [0.4, 0.5) is 0 Å². The third-order valence-corrected chi connectivity index (χ3v) is 5.42. The van der Waals surface area contributed by atoms with Crippen LogP contribution in [0.5, 0.6) is 0 Å². The lowest BCUT2D eigenvalue weighted by Gasteiger charge is -2.57. The Hall–Kier alpha value is -0.900. The van der Waals surface area contributed by atoms with Crippen molar-refractivity contribution in [3.05, 3.63) is 11.4 Å². The van der Waals surface area contributed by atoms with E-state index in [-0.39, 0.29) is 0 Å². The van der Waals surface area contributed by atoms with E-state index in [1.165, 1.54) is 38.5 Å². The van der Waals surface area contributed by atoms with Crippen molar-refractivity contribution < 1.29 is 4.63 Å². The van der Waals surface area contributed by atoms with Crippen molar-refractivity contribution in [2.45, 2.75) is 57.5 Å². The Balaban J connectivity index is 1.49. The SMILES string of the molecule is Cc1nonc1CNC12CC3CC(CC(C3)C1)C2. The Morgan fingerprint density at radius 1 is 1.11 bits per heavy atom. The molecule has 0 spiro atoms. The Kier molecular flexibility index (Phi) is 2.31. The maximum atomic E-state index is 4.78. The summed E-state index contributed by atoms with van der Waals surface area (Å²) in [7, 11) is 0. The monoisotopic (exact) mass is 247 g/mol. The summed E-state index contributed by atoms with van der Waals surface area (Å²) in [5.41, 5.74) is 2.30. The van der Waals surface area contributed by atoms with Crippen LogP contribution in [0.3, 0.4) is 0 Å². The van der Waals surface area contributed by atoms with Crippen molar-refractivity contribution >= 4 is 0 Å². The van der Waals surface area contributed by atoms with Gasteiger partial charge in [0, 0.05) is 12.1 Å². The summed E-state index contributed by atoms with van der Waals surface area (Å²) in [6.07, 6.45) is 8.61. The Bertz CT molecular complexity index is 418. The highest BCUT2D eigenvalue weighted by atomic mass is 16.6. The van der Waals surface area contributed by atoms with E-state index in [0.717, 1.165) is 35.7 Å². The molecule has 4 aliphatic rings. The molecule has 0 saturated heterocycles. The van der Waals surface area contributed by atoms with Gasteiger partial charge in [-0.3, -0.25) is 0 Å². The number of rotatable bonds is 3. The molecule has 4 bridgehead atoms. The van der Waals surface area contributed by atoms with Gasteiger partial charge in [-0.2, -0.15) is 0 Å². The Labute approximate surface area is 107 Å². The number of nitrogens with one attached hydrogen (secondary N) is 1. The zero-order valence-corrected chi connectivity index (χ0v) is 11.0. The molecule has 0 radical (unpaired) electrons. The van der Waals surface area contributed by atoms with E-state index in [9.17, 15) is 0 Å². The van der Waals surface area contributed by atoms with Crippen molar-refractivity contribution in [2.24, 2.45) is 17.8 Å². The van der Waals surface area contributed by atoms with Gasteiger partial charge >= 0.3 is 0 Å². The fraction of sp³-hybridized carbons (Fsp3) is 0.857. The van der Waals surface area contributed by atoms with Crippen LogP contribution in [0.15, 0.2) is 4.63 Å². The Morgan fingerprint density at radius 3 is 2.22 bits per heavy atom. The topological polar surface area (TPSA) is 51.0 Å². The van der Waals surface area contributed by atoms with Crippen LogP contribution >= 0.6 is 0 Å². The van der Waals surface area contributed by atoms with Gasteiger partial charge in [-0.05, 0) is 63.2 Å². The quantitative estimate of drug-likeness (QED) is 0.891. The molecule has 98 valence electrons. The summed E-state index contributed by atoms with van der Waals surface area (Å²) in [6.45, 7) is 2.79. The minimum atomic E-state index is 0.403. The molecule has 4 saturated carbocycles. The van der Waals surface area contributed by atoms with Gasteiger partial charge in [0.05, 0.1) is 0 Å². The third-order valence-electron chi connectivity index (χ3n) is 5.42. The van der Waals surface area contributed by atoms with Crippen LogP contribution in [0.25, 0.3) is 0 Å². The molecule has 4 fully saturated rings. The highest BCUT2D eigenvalue weighted by molar-refractivity contribution is 5.09. The average molecular weight is 247 g/mol. The lowest BCUT2D eigenvalue weighted by Crippen LogP contribution is -2.58. The summed E-state index contributed by atoms with van der Waals surface area (Å²) in [6, 6.07) is 0. The molecule has 18 heavy (non-hydrogen) atoms. The maximum Gasteiger partial charge on any atom is 0.121 e. The van der Waals surface area contributed by atoms with Crippen molar-refractivity contribution in [2.75, 3.05) is 0 Å². The fourth-order valence-electron chi connectivity index (χ4n) is 5.01. The van der Waals surface area contributed by atoms with Gasteiger partial charge in [-0.25, -0.2) is 4.63 Å². The molecule has 4 heteroatoms. The smallest absolute Gasteiger partial charge is 0.121 e. The van der Waals surface area contributed by atoms with E-state index in [0.29, 0.717) is 5.54 Å². The number of aryl methyl sites for hydroxylation is 1. The van der Waals surface area contributed by atoms with Crippen LogP contribution in [0, 0.1) is 24.7 Å². The molecule has 0 amide bonds. The number of nitrogens with zero attached hydrogens (tertiary/aromatic N) is 2. The van der Waals surface area contributed by atoms with Gasteiger partial charge in [-0.1, -0.05) is 10.3 Å². The first-order valence-electron chi connectivity index (χ1n) is 7.25. The second kappa shape index (κ2) is 3.80. The largest absolute Gasteiger partial charge is 0.305 e. The molecule has 1 aromatic rings. The van der Waals surface area contributed by atoms with E-state index < -0.39 is 0 Å². The van der Waals surface area contributed by atoms with Crippen LogP contribution in [-0.4, -0.2) is 15.9 Å². The van der Waals surface area contributed by atoms with Crippen molar-refractivity contribution in [1.82, 2.24) is 15.6 Å². The zero-order valence-electron chi connectivity index (χ0n) is 11.0. The number of hydrogen-bond acceptors (Lipinski definition) is 4. The average Bonchev–Trinajstić information content (AvgIpc) is 2.70. The zero-order chi connectivity index (χ0) is 12.2. The molecule has 4 nitrogen and oxygen atoms in total. The number of aromatic nitrogens is 2. The number of hydrogen-bond donors (Lipinski definition) is 1. The summed E-state index contributed by atoms with van der Waals surface area (Å²) in [5.74, 6) is 2.96. The van der Waals surface area contributed by atoms with E-state index in [2.05, 4.69) is 15.6 Å².